The van der Waals surface area contributed by atoms with Gasteiger partial charge >= 0.3 is 0 Å². The summed E-state index contributed by atoms with van der Waals surface area (Å²) in [7, 11) is 0. The molecule has 2 heterocycles. The Morgan fingerprint density at radius 3 is 2.44 bits per heavy atom. The van der Waals surface area contributed by atoms with E-state index in [1.807, 2.05) is 45.2 Å². The second-order valence-electron chi connectivity index (χ2n) is 7.40. The molecule has 1 aliphatic rings. The predicted molar refractivity (Wildman–Crippen MR) is 122 cm³/mol. The fourth-order valence-corrected chi connectivity index (χ4v) is 2.71. The van der Waals surface area contributed by atoms with E-state index in [-0.39, 0.29) is 35.3 Å². The predicted octanol–water partition coefficient (Wildman–Crippen LogP) is 1.95. The molecule has 0 aliphatic carbocycles. The Balaban J connectivity index is 0.00000364. The Bertz CT molecular complexity index is 594. The number of rotatable bonds is 5. The molecule has 0 spiro atoms. The number of amides is 1. The summed E-state index contributed by atoms with van der Waals surface area (Å²) in [6.07, 6.45) is 1.83. The first kappa shape index (κ1) is 23.5. The first-order chi connectivity index (χ1) is 12.4. The van der Waals surface area contributed by atoms with Crippen molar-refractivity contribution in [2.24, 2.45) is 10.4 Å². The average Bonchev–Trinajstić information content (AvgIpc) is 2.64. The van der Waals surface area contributed by atoms with E-state index in [0.29, 0.717) is 13.1 Å². The van der Waals surface area contributed by atoms with E-state index < -0.39 is 0 Å². The van der Waals surface area contributed by atoms with E-state index in [1.165, 1.54) is 0 Å². The third-order valence-electron chi connectivity index (χ3n) is 4.23. The van der Waals surface area contributed by atoms with Gasteiger partial charge < -0.3 is 20.4 Å². The minimum Gasteiger partial charge on any atom is -0.357 e. The first-order valence-corrected chi connectivity index (χ1v) is 9.39. The van der Waals surface area contributed by atoms with E-state index in [4.69, 9.17) is 0 Å². The Morgan fingerprint density at radius 2 is 1.89 bits per heavy atom. The summed E-state index contributed by atoms with van der Waals surface area (Å²) in [6.45, 7) is 13.4. The second kappa shape index (κ2) is 11.3. The van der Waals surface area contributed by atoms with Gasteiger partial charge in [-0.3, -0.25) is 9.79 Å². The number of hydrogen-bond donors (Lipinski definition) is 2. The molecule has 1 aromatic rings. The standard InChI is InChI=1S/C19H32N6O.HI/c1-5-20-18(23-11-10-22-17(26)19(2,3)4)25-14-12-24(13-15-25)16-8-6-7-9-21-16;/h6-9H,5,10-15H2,1-4H3,(H,20,23)(H,22,26);1H. The van der Waals surface area contributed by atoms with Crippen molar-refractivity contribution in [1.29, 1.82) is 0 Å². The van der Waals surface area contributed by atoms with E-state index in [1.54, 1.807) is 0 Å². The van der Waals surface area contributed by atoms with Gasteiger partial charge in [-0.25, -0.2) is 4.98 Å². The normalized spacial score (nSPS) is 15.2. The summed E-state index contributed by atoms with van der Waals surface area (Å²) < 4.78 is 0. The maximum atomic E-state index is 11.9. The third-order valence-corrected chi connectivity index (χ3v) is 4.23. The maximum absolute atomic E-state index is 11.9. The molecule has 0 atom stereocenters. The molecule has 1 saturated heterocycles. The lowest BCUT2D eigenvalue weighted by molar-refractivity contribution is -0.128. The number of nitrogens with zero attached hydrogens (tertiary/aromatic N) is 4. The highest BCUT2D eigenvalue weighted by Gasteiger charge is 2.21. The molecule has 1 aromatic heterocycles. The van der Waals surface area contributed by atoms with Gasteiger partial charge in [0.05, 0.1) is 6.54 Å². The third kappa shape index (κ3) is 7.51. The van der Waals surface area contributed by atoms with Crippen LogP contribution in [-0.4, -0.2) is 67.6 Å². The number of hydrogen-bond acceptors (Lipinski definition) is 4. The zero-order chi connectivity index (χ0) is 19.0. The summed E-state index contributed by atoms with van der Waals surface area (Å²) >= 11 is 0. The van der Waals surface area contributed by atoms with Crippen LogP contribution in [-0.2, 0) is 4.79 Å². The van der Waals surface area contributed by atoms with Crippen LogP contribution in [0.3, 0.4) is 0 Å². The number of guanidine groups is 1. The molecule has 1 amide bonds. The lowest BCUT2D eigenvalue weighted by Gasteiger charge is -2.37. The fraction of sp³-hybridized carbons (Fsp3) is 0.632. The Kier molecular flexibility index (Phi) is 9.82. The van der Waals surface area contributed by atoms with Crippen LogP contribution in [0.5, 0.6) is 0 Å². The SMILES string of the molecule is CCNC(=NCCNC(=O)C(C)(C)C)N1CCN(c2ccccn2)CC1.I. The summed E-state index contributed by atoms with van der Waals surface area (Å²) in [5.41, 5.74) is -0.365. The van der Waals surface area contributed by atoms with Crippen molar-refractivity contribution in [3.63, 3.8) is 0 Å². The minimum absolute atomic E-state index is 0. The van der Waals surface area contributed by atoms with Gasteiger partial charge in [-0.1, -0.05) is 26.8 Å². The zero-order valence-corrected chi connectivity index (χ0v) is 19.2. The van der Waals surface area contributed by atoms with Crippen LogP contribution >= 0.6 is 24.0 Å². The number of aliphatic imine (C=N–C) groups is 1. The van der Waals surface area contributed by atoms with Gasteiger partial charge in [0, 0.05) is 50.9 Å². The number of nitrogens with one attached hydrogen (secondary N) is 2. The first-order valence-electron chi connectivity index (χ1n) is 9.39. The quantitative estimate of drug-likeness (QED) is 0.287. The van der Waals surface area contributed by atoms with Crippen molar-refractivity contribution in [2.45, 2.75) is 27.7 Å². The van der Waals surface area contributed by atoms with Crippen LogP contribution in [0.1, 0.15) is 27.7 Å². The molecule has 2 N–H and O–H groups in total. The molecule has 27 heavy (non-hydrogen) atoms. The van der Waals surface area contributed by atoms with Crippen LogP contribution in [0.2, 0.25) is 0 Å². The largest absolute Gasteiger partial charge is 0.357 e. The van der Waals surface area contributed by atoms with E-state index in [0.717, 1.165) is 44.5 Å². The zero-order valence-electron chi connectivity index (χ0n) is 16.9. The van der Waals surface area contributed by atoms with Gasteiger partial charge in [0.25, 0.3) is 0 Å². The van der Waals surface area contributed by atoms with Crippen LogP contribution in [0.25, 0.3) is 0 Å². The van der Waals surface area contributed by atoms with Gasteiger partial charge in [-0.2, -0.15) is 0 Å². The fourth-order valence-electron chi connectivity index (χ4n) is 2.71. The molecule has 8 heteroatoms. The number of anilines is 1. The van der Waals surface area contributed by atoms with Crippen molar-refractivity contribution in [1.82, 2.24) is 20.5 Å². The van der Waals surface area contributed by atoms with E-state index in [9.17, 15) is 4.79 Å². The number of carbonyl (C=O) groups is 1. The topological polar surface area (TPSA) is 72.9 Å². The molecule has 2 rings (SSSR count). The molecular weight excluding hydrogens is 455 g/mol. The molecule has 1 fully saturated rings. The van der Waals surface area contributed by atoms with Crippen molar-refractivity contribution in [3.8, 4) is 0 Å². The maximum Gasteiger partial charge on any atom is 0.225 e. The summed E-state index contributed by atoms with van der Waals surface area (Å²) in [5, 5.41) is 6.30. The van der Waals surface area contributed by atoms with E-state index >= 15 is 0 Å². The second-order valence-corrected chi connectivity index (χ2v) is 7.40. The van der Waals surface area contributed by atoms with Crippen LogP contribution in [0.4, 0.5) is 5.82 Å². The summed E-state index contributed by atoms with van der Waals surface area (Å²) in [4.78, 5) is 25.6. The van der Waals surface area contributed by atoms with Crippen LogP contribution in [0, 0.1) is 5.41 Å². The summed E-state index contributed by atoms with van der Waals surface area (Å²) in [5.74, 6) is 2.00. The molecule has 1 aliphatic heterocycles. The number of piperazine rings is 1. The Morgan fingerprint density at radius 1 is 1.19 bits per heavy atom. The minimum atomic E-state index is -0.365. The molecule has 0 unspecified atom stereocenters. The molecule has 0 radical (unpaired) electrons. The molecule has 7 nitrogen and oxygen atoms in total. The highest BCUT2D eigenvalue weighted by molar-refractivity contribution is 14.0. The average molecular weight is 488 g/mol. The lowest BCUT2D eigenvalue weighted by atomic mass is 9.96. The van der Waals surface area contributed by atoms with Crippen molar-refractivity contribution < 1.29 is 4.79 Å². The monoisotopic (exact) mass is 488 g/mol. The smallest absolute Gasteiger partial charge is 0.225 e. The van der Waals surface area contributed by atoms with Crippen LogP contribution < -0.4 is 15.5 Å². The number of pyridine rings is 1. The van der Waals surface area contributed by atoms with Gasteiger partial charge in [0.1, 0.15) is 5.82 Å². The Hall–Kier alpha value is -1.58. The van der Waals surface area contributed by atoms with Gasteiger partial charge in [0.15, 0.2) is 5.96 Å². The Labute approximate surface area is 180 Å². The van der Waals surface area contributed by atoms with Gasteiger partial charge in [-0.05, 0) is 19.1 Å². The number of aromatic nitrogens is 1. The van der Waals surface area contributed by atoms with Crippen LogP contribution in [0.15, 0.2) is 29.4 Å². The number of carbonyl (C=O) groups excluding carboxylic acids is 1. The number of halogens is 1. The molecule has 0 aromatic carbocycles. The molecule has 152 valence electrons. The molecular formula is C19H33IN6O. The molecule has 0 saturated carbocycles. The summed E-state index contributed by atoms with van der Waals surface area (Å²) in [6, 6.07) is 6.01. The highest BCUT2D eigenvalue weighted by atomic mass is 127. The van der Waals surface area contributed by atoms with Crippen molar-refractivity contribution >= 4 is 41.7 Å². The van der Waals surface area contributed by atoms with Gasteiger partial charge in [-0.15, -0.1) is 24.0 Å². The van der Waals surface area contributed by atoms with E-state index in [2.05, 4.69) is 37.3 Å². The highest BCUT2D eigenvalue weighted by Crippen LogP contribution is 2.13. The van der Waals surface area contributed by atoms with Crippen molar-refractivity contribution in [3.05, 3.63) is 24.4 Å². The lowest BCUT2D eigenvalue weighted by Crippen LogP contribution is -2.53. The van der Waals surface area contributed by atoms with Crippen molar-refractivity contribution in [2.75, 3.05) is 50.7 Å². The molecule has 0 bridgehead atoms. The van der Waals surface area contributed by atoms with Gasteiger partial charge in [0.2, 0.25) is 5.91 Å².